The Bertz CT molecular complexity index is 297. The van der Waals surface area contributed by atoms with E-state index in [1.54, 1.807) is 0 Å². The molecule has 1 atom stereocenters. The maximum Gasteiger partial charge on any atom is 0.317 e. The first-order valence-corrected chi connectivity index (χ1v) is 7.47. The molecule has 2 aliphatic carbocycles. The summed E-state index contributed by atoms with van der Waals surface area (Å²) in [7, 11) is 0. The number of carbonyl (C=O) groups is 1. The summed E-state index contributed by atoms with van der Waals surface area (Å²) in [5.41, 5.74) is 0. The van der Waals surface area contributed by atoms with Gasteiger partial charge in [-0.05, 0) is 50.4 Å². The lowest BCUT2D eigenvalue weighted by Crippen LogP contribution is -2.43. The first kappa shape index (κ1) is 13.4. The lowest BCUT2D eigenvalue weighted by Gasteiger charge is -2.25. The first-order chi connectivity index (χ1) is 8.79. The quantitative estimate of drug-likeness (QED) is 0.721. The number of amides is 2. The fourth-order valence-corrected chi connectivity index (χ4v) is 2.54. The fourth-order valence-electron chi connectivity index (χ4n) is 2.54. The van der Waals surface area contributed by atoms with Gasteiger partial charge in [-0.1, -0.05) is 19.1 Å². The number of nitrogens with one attached hydrogen (secondary N) is 1. The van der Waals surface area contributed by atoms with Crippen LogP contribution < -0.4 is 5.32 Å². The summed E-state index contributed by atoms with van der Waals surface area (Å²) in [6, 6.07) is 0.151. The third-order valence-corrected chi connectivity index (χ3v) is 3.88. The number of carbonyl (C=O) groups excluding carboxylic acids is 1. The van der Waals surface area contributed by atoms with Gasteiger partial charge in [0.1, 0.15) is 0 Å². The van der Waals surface area contributed by atoms with Gasteiger partial charge in [0.15, 0.2) is 0 Å². The number of hydrogen-bond donors (Lipinski definition) is 1. The van der Waals surface area contributed by atoms with Crippen molar-refractivity contribution in [2.24, 2.45) is 11.8 Å². The monoisotopic (exact) mass is 250 g/mol. The van der Waals surface area contributed by atoms with E-state index < -0.39 is 0 Å². The van der Waals surface area contributed by atoms with E-state index in [1.807, 2.05) is 4.90 Å². The van der Waals surface area contributed by atoms with E-state index in [0.29, 0.717) is 5.92 Å². The Morgan fingerprint density at radius 2 is 2.11 bits per heavy atom. The number of hydrogen-bond acceptors (Lipinski definition) is 1. The van der Waals surface area contributed by atoms with Crippen molar-refractivity contribution in [3.63, 3.8) is 0 Å². The number of urea groups is 1. The van der Waals surface area contributed by atoms with Crippen molar-refractivity contribution in [2.45, 2.75) is 45.4 Å². The highest BCUT2D eigenvalue weighted by Crippen LogP contribution is 2.29. The lowest BCUT2D eigenvalue weighted by atomic mass is 9.94. The largest absolute Gasteiger partial charge is 0.338 e. The van der Waals surface area contributed by atoms with Gasteiger partial charge in [-0.2, -0.15) is 0 Å². The fraction of sp³-hybridized carbons (Fsp3) is 0.800. The second kappa shape index (κ2) is 6.81. The minimum atomic E-state index is 0.151. The van der Waals surface area contributed by atoms with Crippen molar-refractivity contribution in [1.29, 1.82) is 0 Å². The van der Waals surface area contributed by atoms with Gasteiger partial charge in [-0.15, -0.1) is 0 Å². The Balaban J connectivity index is 1.71. The van der Waals surface area contributed by atoms with Crippen molar-refractivity contribution < 1.29 is 4.79 Å². The standard InChI is InChI=1S/C15H26N2O/c1-2-10-17(12-14-8-9-14)15(18)16-11-13-6-4-3-5-7-13/h3-4,13-14H,2,5-12H2,1H3,(H,16,18)/t13-/m0/s1. The van der Waals surface area contributed by atoms with Crippen molar-refractivity contribution in [3.8, 4) is 0 Å². The molecule has 0 aromatic rings. The maximum atomic E-state index is 12.1. The summed E-state index contributed by atoms with van der Waals surface area (Å²) >= 11 is 0. The van der Waals surface area contributed by atoms with Gasteiger partial charge in [0.2, 0.25) is 0 Å². The van der Waals surface area contributed by atoms with E-state index in [-0.39, 0.29) is 6.03 Å². The van der Waals surface area contributed by atoms with E-state index in [1.165, 1.54) is 25.7 Å². The van der Waals surface area contributed by atoms with Crippen molar-refractivity contribution >= 4 is 6.03 Å². The summed E-state index contributed by atoms with van der Waals surface area (Å²) in [6.07, 6.45) is 11.7. The normalized spacial score (nSPS) is 22.8. The Morgan fingerprint density at radius 3 is 2.72 bits per heavy atom. The molecule has 1 N–H and O–H groups in total. The summed E-state index contributed by atoms with van der Waals surface area (Å²) < 4.78 is 0. The van der Waals surface area contributed by atoms with Crippen LogP contribution in [-0.2, 0) is 0 Å². The summed E-state index contributed by atoms with van der Waals surface area (Å²) in [4.78, 5) is 14.1. The molecule has 0 bridgehead atoms. The molecule has 2 amide bonds. The smallest absolute Gasteiger partial charge is 0.317 e. The Labute approximate surface area is 111 Å². The molecule has 2 aliphatic rings. The third-order valence-electron chi connectivity index (χ3n) is 3.88. The zero-order valence-corrected chi connectivity index (χ0v) is 11.5. The Hall–Kier alpha value is -0.990. The second-order valence-electron chi connectivity index (χ2n) is 5.73. The van der Waals surface area contributed by atoms with Gasteiger partial charge >= 0.3 is 6.03 Å². The molecule has 0 heterocycles. The predicted octanol–water partition coefficient (Wildman–Crippen LogP) is 3.17. The van der Waals surface area contributed by atoms with Crippen LogP contribution in [0.15, 0.2) is 12.2 Å². The molecule has 18 heavy (non-hydrogen) atoms. The van der Waals surface area contributed by atoms with Crippen molar-refractivity contribution in [3.05, 3.63) is 12.2 Å². The molecule has 0 saturated heterocycles. The zero-order valence-electron chi connectivity index (χ0n) is 11.5. The molecule has 0 radical (unpaired) electrons. The molecule has 0 aromatic heterocycles. The minimum absolute atomic E-state index is 0.151. The van der Waals surface area contributed by atoms with Crippen LogP contribution in [0.3, 0.4) is 0 Å². The number of rotatable bonds is 6. The highest BCUT2D eigenvalue weighted by atomic mass is 16.2. The van der Waals surface area contributed by atoms with E-state index in [2.05, 4.69) is 24.4 Å². The molecule has 1 fully saturated rings. The van der Waals surface area contributed by atoms with Gasteiger partial charge in [0.05, 0.1) is 0 Å². The van der Waals surface area contributed by atoms with Crippen LogP contribution in [0.4, 0.5) is 4.79 Å². The van der Waals surface area contributed by atoms with Crippen molar-refractivity contribution in [2.75, 3.05) is 19.6 Å². The molecule has 0 spiro atoms. The van der Waals surface area contributed by atoms with Gasteiger partial charge < -0.3 is 10.2 Å². The molecular weight excluding hydrogens is 224 g/mol. The minimum Gasteiger partial charge on any atom is -0.338 e. The van der Waals surface area contributed by atoms with E-state index in [9.17, 15) is 4.79 Å². The summed E-state index contributed by atoms with van der Waals surface area (Å²) in [6.45, 7) is 4.84. The molecule has 1 saturated carbocycles. The third kappa shape index (κ3) is 4.35. The summed E-state index contributed by atoms with van der Waals surface area (Å²) in [5.74, 6) is 1.42. The van der Waals surface area contributed by atoms with E-state index in [0.717, 1.165) is 38.4 Å². The highest BCUT2D eigenvalue weighted by molar-refractivity contribution is 5.74. The lowest BCUT2D eigenvalue weighted by molar-refractivity contribution is 0.193. The number of allylic oxidation sites excluding steroid dienone is 2. The van der Waals surface area contributed by atoms with Crippen molar-refractivity contribution in [1.82, 2.24) is 10.2 Å². The second-order valence-corrected chi connectivity index (χ2v) is 5.73. The molecule has 2 rings (SSSR count). The van der Waals surface area contributed by atoms with Crippen LogP contribution in [0.5, 0.6) is 0 Å². The average Bonchev–Trinajstić information content (AvgIpc) is 3.21. The molecule has 102 valence electrons. The average molecular weight is 250 g/mol. The molecule has 3 nitrogen and oxygen atoms in total. The van der Waals surface area contributed by atoms with Crippen LogP contribution >= 0.6 is 0 Å². The molecule has 0 aromatic carbocycles. The summed E-state index contributed by atoms with van der Waals surface area (Å²) in [5, 5.41) is 3.12. The maximum absolute atomic E-state index is 12.1. The van der Waals surface area contributed by atoms with Gasteiger partial charge in [-0.3, -0.25) is 0 Å². The number of nitrogens with zero attached hydrogens (tertiary/aromatic N) is 1. The van der Waals surface area contributed by atoms with Crippen LogP contribution in [0, 0.1) is 11.8 Å². The topological polar surface area (TPSA) is 32.3 Å². The molecular formula is C15H26N2O. The Kier molecular flexibility index (Phi) is 5.09. The SMILES string of the molecule is CCCN(CC1CC1)C(=O)NC[C@H]1CC=CCC1. The van der Waals surface area contributed by atoms with Crippen LogP contribution in [0.1, 0.15) is 45.4 Å². The van der Waals surface area contributed by atoms with Gasteiger partial charge in [0, 0.05) is 19.6 Å². The predicted molar refractivity (Wildman–Crippen MR) is 74.5 cm³/mol. The van der Waals surface area contributed by atoms with Gasteiger partial charge in [-0.25, -0.2) is 4.79 Å². The molecule has 0 unspecified atom stereocenters. The highest BCUT2D eigenvalue weighted by Gasteiger charge is 2.26. The van der Waals surface area contributed by atoms with E-state index >= 15 is 0 Å². The van der Waals surface area contributed by atoms with Crippen LogP contribution in [0.25, 0.3) is 0 Å². The Morgan fingerprint density at radius 1 is 1.28 bits per heavy atom. The zero-order chi connectivity index (χ0) is 12.8. The molecule has 3 heteroatoms. The van der Waals surface area contributed by atoms with Crippen LogP contribution in [-0.4, -0.2) is 30.6 Å². The van der Waals surface area contributed by atoms with E-state index in [4.69, 9.17) is 0 Å². The van der Waals surface area contributed by atoms with Crippen LogP contribution in [0.2, 0.25) is 0 Å². The molecule has 0 aliphatic heterocycles. The van der Waals surface area contributed by atoms with Gasteiger partial charge in [0.25, 0.3) is 0 Å². The first-order valence-electron chi connectivity index (χ1n) is 7.47.